The number of thiazole rings is 1. The zero-order valence-electron chi connectivity index (χ0n) is 13.2. The summed E-state index contributed by atoms with van der Waals surface area (Å²) in [4.78, 5) is 9.20. The number of rotatable bonds is 2. The minimum absolute atomic E-state index is 0.120. The number of imidazole rings is 1. The quantitative estimate of drug-likeness (QED) is 0.462. The fourth-order valence-electron chi connectivity index (χ4n) is 3.47. The Hall–Kier alpha value is -2.24. The Morgan fingerprint density at radius 1 is 1.12 bits per heavy atom. The lowest BCUT2D eigenvalue weighted by atomic mass is 10.0. The van der Waals surface area contributed by atoms with E-state index in [2.05, 4.69) is 21.7 Å². The van der Waals surface area contributed by atoms with Gasteiger partial charge >= 0.3 is 0 Å². The monoisotopic (exact) mass is 369 g/mol. The minimum Gasteiger partial charge on any atom is -0.327 e. The smallest absolute Gasteiger partial charge is 0.141 e. The third-order valence-electron chi connectivity index (χ3n) is 4.63. The molecule has 5 rings (SSSR count). The summed E-state index contributed by atoms with van der Waals surface area (Å²) in [5.41, 5.74) is 6.74. The molecule has 0 radical (unpaired) electrons. The number of aryl methyl sites for hydroxylation is 1. The van der Waals surface area contributed by atoms with Crippen molar-refractivity contribution in [1.82, 2.24) is 14.5 Å². The lowest BCUT2D eigenvalue weighted by Gasteiger charge is -2.09. The number of halogens is 2. The van der Waals surface area contributed by atoms with Crippen LogP contribution in [0.3, 0.4) is 0 Å². The molecular weight excluding hydrogens is 357 g/mol. The maximum absolute atomic E-state index is 13.6. The van der Waals surface area contributed by atoms with Gasteiger partial charge in [0.1, 0.15) is 11.6 Å². The van der Waals surface area contributed by atoms with Gasteiger partial charge in [-0.2, -0.15) is 0 Å². The van der Waals surface area contributed by atoms with Gasteiger partial charge in [0.2, 0.25) is 0 Å². The van der Waals surface area contributed by atoms with Crippen LogP contribution in [0.4, 0.5) is 4.39 Å². The van der Waals surface area contributed by atoms with Crippen LogP contribution < -0.4 is 0 Å². The second kappa shape index (κ2) is 5.64. The topological polar surface area (TPSA) is 30.7 Å². The first-order valence-electron chi connectivity index (χ1n) is 8.09. The Bertz CT molecular complexity index is 1120. The van der Waals surface area contributed by atoms with Crippen LogP contribution in [-0.4, -0.2) is 14.5 Å². The van der Waals surface area contributed by atoms with Crippen molar-refractivity contribution in [3.05, 3.63) is 58.6 Å². The Kier molecular flexibility index (Phi) is 3.40. The average molecular weight is 370 g/mol. The molecular formula is C19H13ClFN3S. The average Bonchev–Trinajstić information content (AvgIpc) is 3.31. The molecule has 1 aliphatic heterocycles. The molecule has 0 N–H and O–H groups in total. The van der Waals surface area contributed by atoms with Crippen LogP contribution in [0.5, 0.6) is 0 Å². The molecule has 25 heavy (non-hydrogen) atoms. The molecule has 2 aromatic carbocycles. The molecule has 0 saturated heterocycles. The highest BCUT2D eigenvalue weighted by atomic mass is 35.5. The van der Waals surface area contributed by atoms with Gasteiger partial charge in [-0.15, -0.1) is 11.3 Å². The van der Waals surface area contributed by atoms with Gasteiger partial charge in [-0.3, -0.25) is 0 Å². The number of fused-ring (bicyclic) bond motifs is 2. The molecule has 0 fully saturated rings. The van der Waals surface area contributed by atoms with Crippen molar-refractivity contribution in [2.24, 2.45) is 0 Å². The molecule has 3 heterocycles. The summed E-state index contributed by atoms with van der Waals surface area (Å²) in [6, 6.07) is 11.1. The Morgan fingerprint density at radius 3 is 2.88 bits per heavy atom. The van der Waals surface area contributed by atoms with E-state index in [-0.39, 0.29) is 5.02 Å². The molecule has 6 heteroatoms. The van der Waals surface area contributed by atoms with Crippen molar-refractivity contribution in [2.45, 2.75) is 19.4 Å². The molecule has 1 aliphatic rings. The van der Waals surface area contributed by atoms with E-state index in [4.69, 9.17) is 16.6 Å². The Morgan fingerprint density at radius 2 is 2.00 bits per heavy atom. The zero-order valence-corrected chi connectivity index (χ0v) is 14.7. The van der Waals surface area contributed by atoms with Gasteiger partial charge in [0.15, 0.2) is 0 Å². The van der Waals surface area contributed by atoms with Gasteiger partial charge in [0.25, 0.3) is 0 Å². The lowest BCUT2D eigenvalue weighted by molar-refractivity contribution is 0.628. The van der Waals surface area contributed by atoms with Crippen LogP contribution in [0.1, 0.15) is 12.2 Å². The SMILES string of the molecule is Fc1ccc(-c2nc3n(c2-c2ccc4ncsc4c2)CCC3)cc1Cl. The molecule has 2 aromatic heterocycles. The highest BCUT2D eigenvalue weighted by Gasteiger charge is 2.23. The van der Waals surface area contributed by atoms with Crippen LogP contribution in [0.15, 0.2) is 41.9 Å². The summed E-state index contributed by atoms with van der Waals surface area (Å²) >= 11 is 7.63. The standard InChI is InChI=1S/C19H13ClFN3S/c20-13-8-11(3-5-14(13)21)18-19(24-7-1-2-17(24)23-18)12-4-6-15-16(9-12)25-10-22-15/h3-6,8-10H,1-2,7H2. The van der Waals surface area contributed by atoms with E-state index >= 15 is 0 Å². The van der Waals surface area contributed by atoms with Gasteiger partial charge in [0, 0.05) is 24.1 Å². The highest BCUT2D eigenvalue weighted by molar-refractivity contribution is 7.16. The lowest BCUT2D eigenvalue weighted by Crippen LogP contribution is -1.96. The fourth-order valence-corrected chi connectivity index (χ4v) is 4.36. The maximum Gasteiger partial charge on any atom is 0.141 e. The molecule has 0 saturated carbocycles. The first-order chi connectivity index (χ1) is 12.2. The van der Waals surface area contributed by atoms with E-state index in [1.807, 2.05) is 11.6 Å². The van der Waals surface area contributed by atoms with Gasteiger partial charge in [0.05, 0.1) is 32.1 Å². The van der Waals surface area contributed by atoms with Crippen molar-refractivity contribution < 1.29 is 4.39 Å². The molecule has 0 bridgehead atoms. The van der Waals surface area contributed by atoms with Crippen molar-refractivity contribution in [3.63, 3.8) is 0 Å². The normalized spacial score (nSPS) is 13.5. The third kappa shape index (κ3) is 2.38. The van der Waals surface area contributed by atoms with Crippen molar-refractivity contribution in [2.75, 3.05) is 0 Å². The number of hydrogen-bond acceptors (Lipinski definition) is 3. The summed E-state index contributed by atoms with van der Waals surface area (Å²) in [6.45, 7) is 0.952. The predicted molar refractivity (Wildman–Crippen MR) is 99.6 cm³/mol. The zero-order chi connectivity index (χ0) is 17.0. The number of aromatic nitrogens is 3. The second-order valence-corrected chi connectivity index (χ2v) is 7.44. The second-order valence-electron chi connectivity index (χ2n) is 6.14. The summed E-state index contributed by atoms with van der Waals surface area (Å²) < 4.78 is 17.0. The summed E-state index contributed by atoms with van der Waals surface area (Å²) in [6.07, 6.45) is 2.06. The first-order valence-corrected chi connectivity index (χ1v) is 9.35. The van der Waals surface area contributed by atoms with Crippen molar-refractivity contribution in [3.8, 4) is 22.5 Å². The van der Waals surface area contributed by atoms with E-state index in [0.29, 0.717) is 0 Å². The maximum atomic E-state index is 13.6. The minimum atomic E-state index is -0.412. The number of nitrogens with zero attached hydrogens (tertiary/aromatic N) is 3. The van der Waals surface area contributed by atoms with Crippen LogP contribution in [0, 0.1) is 5.82 Å². The van der Waals surface area contributed by atoms with E-state index in [9.17, 15) is 4.39 Å². The third-order valence-corrected chi connectivity index (χ3v) is 5.71. The largest absolute Gasteiger partial charge is 0.327 e. The molecule has 0 atom stereocenters. The van der Waals surface area contributed by atoms with Gasteiger partial charge in [-0.1, -0.05) is 17.7 Å². The Balaban J connectivity index is 1.76. The van der Waals surface area contributed by atoms with Crippen LogP contribution in [0.25, 0.3) is 32.7 Å². The molecule has 0 unspecified atom stereocenters. The predicted octanol–water partition coefficient (Wildman–Crippen LogP) is 5.57. The summed E-state index contributed by atoms with van der Waals surface area (Å²) in [5.74, 6) is 0.666. The van der Waals surface area contributed by atoms with E-state index < -0.39 is 5.82 Å². The fraction of sp³-hybridized carbons (Fsp3) is 0.158. The van der Waals surface area contributed by atoms with Crippen LogP contribution >= 0.6 is 22.9 Å². The van der Waals surface area contributed by atoms with E-state index in [0.717, 1.165) is 57.9 Å². The van der Waals surface area contributed by atoms with Crippen molar-refractivity contribution >= 4 is 33.2 Å². The van der Waals surface area contributed by atoms with Gasteiger partial charge < -0.3 is 4.57 Å². The van der Waals surface area contributed by atoms with E-state index in [1.165, 1.54) is 6.07 Å². The van der Waals surface area contributed by atoms with Crippen LogP contribution in [-0.2, 0) is 13.0 Å². The van der Waals surface area contributed by atoms with Gasteiger partial charge in [-0.25, -0.2) is 14.4 Å². The summed E-state index contributed by atoms with van der Waals surface area (Å²) in [5, 5.41) is 0.120. The van der Waals surface area contributed by atoms with Crippen LogP contribution in [0.2, 0.25) is 5.02 Å². The first kappa shape index (κ1) is 15.0. The Labute approximate surface area is 152 Å². The number of hydrogen-bond donors (Lipinski definition) is 0. The molecule has 3 nitrogen and oxygen atoms in total. The van der Waals surface area contributed by atoms with Gasteiger partial charge in [-0.05, 0) is 36.8 Å². The highest BCUT2D eigenvalue weighted by Crippen LogP contribution is 2.38. The van der Waals surface area contributed by atoms with Crippen molar-refractivity contribution in [1.29, 1.82) is 0 Å². The molecule has 0 spiro atoms. The van der Waals surface area contributed by atoms with E-state index in [1.54, 1.807) is 23.5 Å². The molecule has 124 valence electrons. The molecule has 0 aliphatic carbocycles. The molecule has 0 amide bonds. The summed E-state index contributed by atoms with van der Waals surface area (Å²) in [7, 11) is 0. The number of benzene rings is 2. The molecule has 4 aromatic rings.